The Labute approximate surface area is 164 Å². The Balaban J connectivity index is 1.70. The SMILES string of the molecule is COCCN1C(=S)N[C@H](c2ccccn2)[C@H]1c1ccn(-c2ccccc2)c1. The van der Waals surface area contributed by atoms with Crippen LogP contribution in [0.2, 0.25) is 0 Å². The van der Waals surface area contributed by atoms with E-state index >= 15 is 0 Å². The molecule has 3 heterocycles. The average molecular weight is 379 g/mol. The predicted molar refractivity (Wildman–Crippen MR) is 110 cm³/mol. The van der Waals surface area contributed by atoms with Gasteiger partial charge < -0.3 is 19.5 Å². The number of thiocarbonyl (C=S) groups is 1. The molecule has 0 aliphatic carbocycles. The highest BCUT2D eigenvalue weighted by Gasteiger charge is 2.39. The van der Waals surface area contributed by atoms with E-state index in [-0.39, 0.29) is 12.1 Å². The normalized spacial score (nSPS) is 19.3. The van der Waals surface area contributed by atoms with Crippen LogP contribution in [0.5, 0.6) is 0 Å². The van der Waals surface area contributed by atoms with Crippen molar-refractivity contribution in [3.63, 3.8) is 0 Å². The Morgan fingerprint density at radius 3 is 2.67 bits per heavy atom. The van der Waals surface area contributed by atoms with Crippen molar-refractivity contribution in [3.8, 4) is 5.69 Å². The number of hydrogen-bond acceptors (Lipinski definition) is 3. The molecule has 1 saturated heterocycles. The summed E-state index contributed by atoms with van der Waals surface area (Å²) in [7, 11) is 1.71. The smallest absolute Gasteiger partial charge is 0.170 e. The number of ether oxygens (including phenoxy) is 1. The van der Waals surface area contributed by atoms with Crippen LogP contribution in [0.25, 0.3) is 5.69 Å². The van der Waals surface area contributed by atoms with Crippen LogP contribution in [0.15, 0.2) is 73.2 Å². The summed E-state index contributed by atoms with van der Waals surface area (Å²) in [4.78, 5) is 6.76. The van der Waals surface area contributed by atoms with Gasteiger partial charge in [0.05, 0.1) is 24.4 Å². The molecule has 6 heteroatoms. The fraction of sp³-hybridized carbons (Fsp3) is 0.238. The molecule has 0 bridgehead atoms. The molecule has 3 aromatic rings. The van der Waals surface area contributed by atoms with Crippen molar-refractivity contribution in [2.24, 2.45) is 0 Å². The minimum Gasteiger partial charge on any atom is -0.383 e. The van der Waals surface area contributed by atoms with Crippen LogP contribution >= 0.6 is 12.2 Å². The van der Waals surface area contributed by atoms with E-state index in [4.69, 9.17) is 17.0 Å². The number of aromatic nitrogens is 2. The Morgan fingerprint density at radius 1 is 1.11 bits per heavy atom. The van der Waals surface area contributed by atoms with E-state index in [1.807, 2.05) is 42.6 Å². The van der Waals surface area contributed by atoms with Gasteiger partial charge in [-0.3, -0.25) is 4.98 Å². The molecule has 1 fully saturated rings. The van der Waals surface area contributed by atoms with E-state index in [0.29, 0.717) is 6.61 Å². The summed E-state index contributed by atoms with van der Waals surface area (Å²) in [6.45, 7) is 1.35. The van der Waals surface area contributed by atoms with Gasteiger partial charge in [0.2, 0.25) is 0 Å². The second kappa shape index (κ2) is 7.90. The van der Waals surface area contributed by atoms with Crippen molar-refractivity contribution in [2.75, 3.05) is 20.3 Å². The van der Waals surface area contributed by atoms with Crippen molar-refractivity contribution >= 4 is 17.3 Å². The quantitative estimate of drug-likeness (QED) is 0.665. The molecule has 0 amide bonds. The fourth-order valence-corrected chi connectivity index (χ4v) is 3.88. The number of para-hydroxylation sites is 1. The first-order valence-corrected chi connectivity index (χ1v) is 9.39. The lowest BCUT2D eigenvalue weighted by Crippen LogP contribution is -2.32. The molecule has 138 valence electrons. The topological polar surface area (TPSA) is 42.3 Å². The van der Waals surface area contributed by atoms with Crippen molar-refractivity contribution in [1.82, 2.24) is 19.8 Å². The lowest BCUT2D eigenvalue weighted by atomic mass is 9.99. The summed E-state index contributed by atoms with van der Waals surface area (Å²) < 4.78 is 7.44. The van der Waals surface area contributed by atoms with Gasteiger partial charge in [-0.1, -0.05) is 24.3 Å². The maximum absolute atomic E-state index is 5.63. The summed E-state index contributed by atoms with van der Waals surface area (Å²) in [5.74, 6) is 0. The molecule has 0 saturated carbocycles. The summed E-state index contributed by atoms with van der Waals surface area (Å²) in [5, 5.41) is 4.19. The van der Waals surface area contributed by atoms with Crippen LogP contribution < -0.4 is 5.32 Å². The maximum atomic E-state index is 5.63. The largest absolute Gasteiger partial charge is 0.383 e. The average Bonchev–Trinajstić information content (AvgIpc) is 3.32. The van der Waals surface area contributed by atoms with Gasteiger partial charge in [0.25, 0.3) is 0 Å². The third-order valence-electron chi connectivity index (χ3n) is 4.85. The van der Waals surface area contributed by atoms with Crippen LogP contribution in [0.3, 0.4) is 0 Å². The van der Waals surface area contributed by atoms with Gasteiger partial charge >= 0.3 is 0 Å². The molecule has 2 aromatic heterocycles. The minimum absolute atomic E-state index is 0.00202. The second-order valence-corrected chi connectivity index (χ2v) is 6.89. The molecule has 1 N–H and O–H groups in total. The van der Waals surface area contributed by atoms with Crippen molar-refractivity contribution < 1.29 is 4.74 Å². The molecule has 1 aromatic carbocycles. The summed E-state index contributed by atoms with van der Waals surface area (Å²) in [5.41, 5.74) is 3.31. The van der Waals surface area contributed by atoms with E-state index in [2.05, 4.69) is 50.4 Å². The van der Waals surface area contributed by atoms with E-state index in [0.717, 1.165) is 23.0 Å². The summed E-state index contributed by atoms with van der Waals surface area (Å²) in [6.07, 6.45) is 6.09. The number of nitrogens with one attached hydrogen (secondary N) is 1. The maximum Gasteiger partial charge on any atom is 0.170 e. The number of rotatable bonds is 6. The molecule has 0 radical (unpaired) electrons. The first-order chi connectivity index (χ1) is 13.3. The molecule has 1 aliphatic heterocycles. The Bertz CT molecular complexity index is 897. The summed E-state index contributed by atoms with van der Waals surface area (Å²) in [6, 6.07) is 18.5. The van der Waals surface area contributed by atoms with Crippen molar-refractivity contribution in [3.05, 3.63) is 84.4 Å². The molecular formula is C21H22N4OS. The molecular weight excluding hydrogens is 356 g/mol. The Morgan fingerprint density at radius 2 is 1.93 bits per heavy atom. The van der Waals surface area contributed by atoms with Gasteiger partial charge in [0.1, 0.15) is 0 Å². The number of benzene rings is 1. The highest BCUT2D eigenvalue weighted by molar-refractivity contribution is 7.80. The van der Waals surface area contributed by atoms with Crippen LogP contribution in [0.1, 0.15) is 23.3 Å². The number of methoxy groups -OCH3 is 1. The van der Waals surface area contributed by atoms with E-state index < -0.39 is 0 Å². The number of nitrogens with zero attached hydrogens (tertiary/aromatic N) is 3. The van der Waals surface area contributed by atoms with Crippen LogP contribution in [0, 0.1) is 0 Å². The van der Waals surface area contributed by atoms with Gasteiger partial charge in [-0.15, -0.1) is 0 Å². The van der Waals surface area contributed by atoms with Crippen molar-refractivity contribution in [2.45, 2.75) is 12.1 Å². The van der Waals surface area contributed by atoms with Gasteiger partial charge in [0.15, 0.2) is 5.11 Å². The monoisotopic (exact) mass is 378 g/mol. The molecule has 0 unspecified atom stereocenters. The van der Waals surface area contributed by atoms with Gasteiger partial charge in [-0.05, 0) is 48.1 Å². The lowest BCUT2D eigenvalue weighted by molar-refractivity contribution is 0.164. The molecule has 1 aliphatic rings. The zero-order valence-electron chi connectivity index (χ0n) is 15.2. The van der Waals surface area contributed by atoms with Crippen molar-refractivity contribution in [1.29, 1.82) is 0 Å². The van der Waals surface area contributed by atoms with Crippen LogP contribution in [0.4, 0.5) is 0 Å². The van der Waals surface area contributed by atoms with Gasteiger partial charge in [0, 0.05) is 37.9 Å². The first kappa shape index (κ1) is 17.7. The first-order valence-electron chi connectivity index (χ1n) is 8.98. The highest BCUT2D eigenvalue weighted by atomic mass is 32.1. The van der Waals surface area contributed by atoms with Gasteiger partial charge in [-0.2, -0.15) is 0 Å². The third kappa shape index (κ3) is 3.59. The van der Waals surface area contributed by atoms with Crippen LogP contribution in [-0.4, -0.2) is 39.8 Å². The molecule has 4 rings (SSSR count). The fourth-order valence-electron chi connectivity index (χ4n) is 3.55. The number of pyridine rings is 1. The van der Waals surface area contributed by atoms with E-state index in [1.165, 1.54) is 5.56 Å². The van der Waals surface area contributed by atoms with E-state index in [9.17, 15) is 0 Å². The Hall–Kier alpha value is -2.70. The molecule has 5 nitrogen and oxygen atoms in total. The zero-order valence-corrected chi connectivity index (χ0v) is 16.0. The summed E-state index contributed by atoms with van der Waals surface area (Å²) >= 11 is 5.63. The van der Waals surface area contributed by atoms with E-state index in [1.54, 1.807) is 7.11 Å². The third-order valence-corrected chi connectivity index (χ3v) is 5.20. The minimum atomic E-state index is 0.00202. The number of hydrogen-bond donors (Lipinski definition) is 1. The predicted octanol–water partition coefficient (Wildman–Crippen LogP) is 3.49. The molecule has 27 heavy (non-hydrogen) atoms. The van der Waals surface area contributed by atoms with Crippen LogP contribution in [-0.2, 0) is 4.74 Å². The highest BCUT2D eigenvalue weighted by Crippen LogP contribution is 2.38. The van der Waals surface area contributed by atoms with Gasteiger partial charge in [-0.25, -0.2) is 0 Å². The molecule has 2 atom stereocenters. The molecule has 0 spiro atoms. The zero-order chi connectivity index (χ0) is 18.6. The standard InChI is InChI=1S/C21H22N4OS/c1-26-14-13-25-20(19(23-21(25)27)18-9-5-6-11-22-18)16-10-12-24(15-16)17-7-3-2-4-8-17/h2-12,15,19-20H,13-14H2,1H3,(H,23,27)/t19-,20-/m1/s1. The second-order valence-electron chi connectivity index (χ2n) is 6.50. The Kier molecular flexibility index (Phi) is 5.18. The lowest BCUT2D eigenvalue weighted by Gasteiger charge is -2.26.